The number of hydrogen-bond donors (Lipinski definition) is 1. The molecule has 7 atom stereocenters. The monoisotopic (exact) mass is 319 g/mol. The van der Waals surface area contributed by atoms with Gasteiger partial charge >= 0.3 is 0 Å². The van der Waals surface area contributed by atoms with Gasteiger partial charge < -0.3 is 9.94 Å². The maximum absolute atomic E-state index is 10.1. The predicted octanol–water partition coefficient (Wildman–Crippen LogP) is 4.39. The summed E-state index contributed by atoms with van der Waals surface area (Å²) in [5, 5.41) is 14.5. The van der Waals surface area contributed by atoms with E-state index in [4.69, 9.17) is 4.84 Å². The van der Waals surface area contributed by atoms with Crippen LogP contribution in [0.3, 0.4) is 0 Å². The van der Waals surface area contributed by atoms with Gasteiger partial charge in [-0.25, -0.2) is 0 Å². The molecule has 0 aliphatic heterocycles. The Kier molecular flexibility index (Phi) is 3.79. The van der Waals surface area contributed by atoms with Crippen molar-refractivity contribution in [3.8, 4) is 0 Å². The molecule has 0 aromatic carbocycles. The van der Waals surface area contributed by atoms with Crippen molar-refractivity contribution in [2.75, 3.05) is 7.11 Å². The van der Waals surface area contributed by atoms with Gasteiger partial charge in [0.15, 0.2) is 0 Å². The molecule has 3 nitrogen and oxygen atoms in total. The van der Waals surface area contributed by atoms with E-state index in [0.717, 1.165) is 42.9 Å². The first kappa shape index (κ1) is 15.9. The highest BCUT2D eigenvalue weighted by Crippen LogP contribution is 2.65. The number of aliphatic hydroxyl groups is 1. The van der Waals surface area contributed by atoms with Crippen molar-refractivity contribution in [2.24, 2.45) is 39.7 Å². The van der Waals surface area contributed by atoms with Crippen molar-refractivity contribution >= 4 is 5.71 Å². The molecule has 3 heteroatoms. The molecular formula is C20H33NO2. The number of oxime groups is 1. The summed E-state index contributed by atoms with van der Waals surface area (Å²) in [6.45, 7) is 5.01. The van der Waals surface area contributed by atoms with E-state index >= 15 is 0 Å². The van der Waals surface area contributed by atoms with Crippen LogP contribution in [0.1, 0.15) is 71.6 Å². The van der Waals surface area contributed by atoms with Crippen LogP contribution in [-0.4, -0.2) is 24.0 Å². The van der Waals surface area contributed by atoms with Gasteiger partial charge in [0.25, 0.3) is 0 Å². The van der Waals surface area contributed by atoms with Gasteiger partial charge in [0.1, 0.15) is 7.11 Å². The second kappa shape index (κ2) is 5.47. The third kappa shape index (κ3) is 2.22. The highest BCUT2D eigenvalue weighted by atomic mass is 16.6. The Labute approximate surface area is 140 Å². The molecule has 1 N–H and O–H groups in total. The molecule has 0 aromatic heterocycles. The van der Waals surface area contributed by atoms with E-state index in [0.29, 0.717) is 5.41 Å². The summed E-state index contributed by atoms with van der Waals surface area (Å²) in [7, 11) is 1.69. The molecule has 0 heterocycles. The molecule has 4 saturated carbocycles. The zero-order valence-corrected chi connectivity index (χ0v) is 15.1. The highest BCUT2D eigenvalue weighted by Gasteiger charge is 2.59. The topological polar surface area (TPSA) is 41.8 Å². The third-order valence-corrected chi connectivity index (χ3v) is 8.58. The normalized spacial score (nSPS) is 54.3. The minimum absolute atomic E-state index is 0.0367. The van der Waals surface area contributed by atoms with E-state index in [1.807, 2.05) is 0 Å². The van der Waals surface area contributed by atoms with Gasteiger partial charge in [0.2, 0.25) is 0 Å². The number of rotatable bonds is 1. The smallest absolute Gasteiger partial charge is 0.106 e. The second-order valence-electron chi connectivity index (χ2n) is 9.30. The molecule has 0 saturated heterocycles. The van der Waals surface area contributed by atoms with Crippen LogP contribution in [0.5, 0.6) is 0 Å². The standard InChI is InChI=1S/C20H33NO2/c1-19-10-8-14(22)12-13(19)4-5-15-16-6-7-18(21-23-3)20(16,2)11-9-17(15)19/h13-17,22H,4-12H2,1-3H3/b21-18+. The Morgan fingerprint density at radius 3 is 2.65 bits per heavy atom. The van der Waals surface area contributed by atoms with E-state index < -0.39 is 0 Å². The number of nitrogens with zero attached hydrogens (tertiary/aromatic N) is 1. The molecule has 130 valence electrons. The first-order valence-electron chi connectivity index (χ1n) is 9.77. The molecule has 4 aliphatic rings. The number of hydrogen-bond acceptors (Lipinski definition) is 3. The fourth-order valence-electron chi connectivity index (χ4n) is 7.28. The fraction of sp³-hybridized carbons (Fsp3) is 0.950. The second-order valence-corrected chi connectivity index (χ2v) is 9.30. The van der Waals surface area contributed by atoms with E-state index in [9.17, 15) is 5.11 Å². The SMILES string of the molecule is CO/N=C1\CCC2C3CCC4CC(O)CCC4(C)C3CCC12C. The summed E-state index contributed by atoms with van der Waals surface area (Å²) in [5.41, 5.74) is 2.09. The molecule has 0 amide bonds. The van der Waals surface area contributed by atoms with Crippen LogP contribution in [0, 0.1) is 34.5 Å². The summed E-state index contributed by atoms with van der Waals surface area (Å²) in [5.74, 6) is 3.30. The fourth-order valence-corrected chi connectivity index (χ4v) is 7.28. The minimum atomic E-state index is -0.0367. The lowest BCUT2D eigenvalue weighted by Gasteiger charge is -2.60. The minimum Gasteiger partial charge on any atom is -0.399 e. The molecule has 4 rings (SSSR count). The van der Waals surface area contributed by atoms with Crippen LogP contribution in [0.4, 0.5) is 0 Å². The van der Waals surface area contributed by atoms with Crippen molar-refractivity contribution in [2.45, 2.75) is 77.7 Å². The van der Waals surface area contributed by atoms with Crippen molar-refractivity contribution in [1.82, 2.24) is 0 Å². The van der Waals surface area contributed by atoms with Crippen LogP contribution in [0.25, 0.3) is 0 Å². The molecule has 0 radical (unpaired) electrons. The largest absolute Gasteiger partial charge is 0.399 e. The van der Waals surface area contributed by atoms with E-state index in [-0.39, 0.29) is 11.5 Å². The third-order valence-electron chi connectivity index (χ3n) is 8.58. The zero-order chi connectivity index (χ0) is 16.2. The van der Waals surface area contributed by atoms with E-state index in [2.05, 4.69) is 19.0 Å². The van der Waals surface area contributed by atoms with Crippen molar-refractivity contribution in [3.05, 3.63) is 0 Å². The summed E-state index contributed by atoms with van der Waals surface area (Å²) >= 11 is 0. The van der Waals surface area contributed by atoms with Gasteiger partial charge in [-0.15, -0.1) is 0 Å². The number of fused-ring (bicyclic) bond motifs is 5. The summed E-state index contributed by atoms with van der Waals surface area (Å²) in [6.07, 6.45) is 11.1. The molecule has 0 spiro atoms. The van der Waals surface area contributed by atoms with Crippen LogP contribution in [0.15, 0.2) is 5.16 Å². The zero-order valence-electron chi connectivity index (χ0n) is 15.1. The van der Waals surface area contributed by atoms with Crippen molar-refractivity contribution in [3.63, 3.8) is 0 Å². The van der Waals surface area contributed by atoms with Crippen LogP contribution < -0.4 is 0 Å². The number of aliphatic hydroxyl groups excluding tert-OH is 1. The maximum atomic E-state index is 10.1. The molecule has 0 aromatic rings. The van der Waals surface area contributed by atoms with Crippen LogP contribution >= 0.6 is 0 Å². The Hall–Kier alpha value is -0.570. The Bertz CT molecular complexity index is 504. The quantitative estimate of drug-likeness (QED) is 0.728. The molecule has 0 bridgehead atoms. The van der Waals surface area contributed by atoms with Gasteiger partial charge in [-0.1, -0.05) is 19.0 Å². The highest BCUT2D eigenvalue weighted by molar-refractivity contribution is 5.92. The van der Waals surface area contributed by atoms with E-state index in [1.54, 1.807) is 7.11 Å². The molecule has 4 aliphatic carbocycles. The molecule has 4 fully saturated rings. The van der Waals surface area contributed by atoms with E-state index in [1.165, 1.54) is 44.2 Å². The lowest BCUT2D eigenvalue weighted by molar-refractivity contribution is -0.114. The Morgan fingerprint density at radius 2 is 1.87 bits per heavy atom. The lowest BCUT2D eigenvalue weighted by Crippen LogP contribution is -2.54. The van der Waals surface area contributed by atoms with Gasteiger partial charge in [-0.2, -0.15) is 0 Å². The average molecular weight is 319 g/mol. The Balaban J connectivity index is 1.62. The summed E-state index contributed by atoms with van der Waals surface area (Å²) in [6, 6.07) is 0. The first-order chi connectivity index (χ1) is 11.0. The van der Waals surface area contributed by atoms with Gasteiger partial charge in [-0.05, 0) is 86.9 Å². The van der Waals surface area contributed by atoms with Gasteiger partial charge in [-0.3, -0.25) is 0 Å². The van der Waals surface area contributed by atoms with Crippen LogP contribution in [-0.2, 0) is 4.84 Å². The summed E-state index contributed by atoms with van der Waals surface area (Å²) < 4.78 is 0. The van der Waals surface area contributed by atoms with Crippen molar-refractivity contribution < 1.29 is 9.94 Å². The summed E-state index contributed by atoms with van der Waals surface area (Å²) in [4.78, 5) is 5.15. The van der Waals surface area contributed by atoms with Crippen molar-refractivity contribution in [1.29, 1.82) is 0 Å². The average Bonchev–Trinajstić information content (AvgIpc) is 2.85. The van der Waals surface area contributed by atoms with Gasteiger partial charge in [0.05, 0.1) is 11.8 Å². The Morgan fingerprint density at radius 1 is 1.04 bits per heavy atom. The molecule has 7 unspecified atom stereocenters. The lowest BCUT2D eigenvalue weighted by atomic mass is 9.45. The van der Waals surface area contributed by atoms with Crippen LogP contribution in [0.2, 0.25) is 0 Å². The maximum Gasteiger partial charge on any atom is 0.106 e. The molecule has 23 heavy (non-hydrogen) atoms. The first-order valence-corrected chi connectivity index (χ1v) is 9.77. The predicted molar refractivity (Wildman–Crippen MR) is 92.2 cm³/mol. The molecular weight excluding hydrogens is 286 g/mol. The van der Waals surface area contributed by atoms with Gasteiger partial charge in [0, 0.05) is 5.41 Å².